The maximum atomic E-state index is 13.1. The largest absolute Gasteiger partial charge is 0.335 e. The Morgan fingerprint density at radius 3 is 2.30 bits per heavy atom. The molecule has 2 atom stereocenters. The van der Waals surface area contributed by atoms with E-state index >= 15 is 0 Å². The van der Waals surface area contributed by atoms with Gasteiger partial charge in [-0.25, -0.2) is 9.18 Å². The van der Waals surface area contributed by atoms with E-state index in [-0.39, 0.29) is 17.9 Å². The summed E-state index contributed by atoms with van der Waals surface area (Å²) >= 11 is 0. The van der Waals surface area contributed by atoms with Crippen LogP contribution in [0.25, 0.3) is 0 Å². The quantitative estimate of drug-likeness (QED) is 0.838. The lowest BCUT2D eigenvalue weighted by Crippen LogP contribution is -2.50. The van der Waals surface area contributed by atoms with Gasteiger partial charge >= 0.3 is 6.03 Å². The monoisotopic (exact) mass is 367 g/mol. The van der Waals surface area contributed by atoms with Crippen molar-refractivity contribution in [3.05, 3.63) is 65.5 Å². The molecule has 2 heterocycles. The first-order valence-corrected chi connectivity index (χ1v) is 9.71. The fraction of sp³-hybridized carbons (Fsp3) is 0.409. The number of hydrogen-bond acceptors (Lipinski definition) is 2. The topological polar surface area (TPSA) is 44.4 Å². The van der Waals surface area contributed by atoms with Crippen LogP contribution in [-0.4, -0.2) is 29.1 Å². The SMILES string of the molecule is Cc1ccc(NC(=O)NC2CC3CCC(C2)N3Cc2ccc(F)cc2)cc1. The number of urea groups is 1. The number of nitrogens with zero attached hydrogens (tertiary/aromatic N) is 1. The molecule has 5 heteroatoms. The van der Waals surface area contributed by atoms with Crippen LogP contribution < -0.4 is 10.6 Å². The highest BCUT2D eigenvalue weighted by Crippen LogP contribution is 2.36. The summed E-state index contributed by atoms with van der Waals surface area (Å²) in [4.78, 5) is 14.9. The molecule has 27 heavy (non-hydrogen) atoms. The minimum Gasteiger partial charge on any atom is -0.335 e. The molecule has 0 aromatic heterocycles. The fourth-order valence-electron chi connectivity index (χ4n) is 4.44. The molecule has 0 saturated carbocycles. The number of benzene rings is 2. The lowest BCUT2D eigenvalue weighted by Gasteiger charge is -2.39. The van der Waals surface area contributed by atoms with Crippen molar-refractivity contribution in [1.29, 1.82) is 0 Å². The van der Waals surface area contributed by atoms with Gasteiger partial charge in [0.2, 0.25) is 0 Å². The molecule has 2 aliphatic rings. The average molecular weight is 367 g/mol. The number of aryl methyl sites for hydroxylation is 1. The Kier molecular flexibility index (Phi) is 5.12. The van der Waals surface area contributed by atoms with Gasteiger partial charge in [-0.15, -0.1) is 0 Å². The van der Waals surface area contributed by atoms with Gasteiger partial charge in [0.25, 0.3) is 0 Å². The molecule has 2 aliphatic heterocycles. The van der Waals surface area contributed by atoms with Crippen LogP contribution in [0.5, 0.6) is 0 Å². The predicted molar refractivity (Wildman–Crippen MR) is 105 cm³/mol. The maximum absolute atomic E-state index is 13.1. The second-order valence-corrected chi connectivity index (χ2v) is 7.82. The van der Waals surface area contributed by atoms with E-state index in [1.165, 1.54) is 30.5 Å². The van der Waals surface area contributed by atoms with Crippen molar-refractivity contribution in [2.75, 3.05) is 5.32 Å². The number of rotatable bonds is 4. The Labute approximate surface area is 159 Å². The predicted octanol–water partition coefficient (Wildman–Crippen LogP) is 4.45. The molecule has 4 rings (SSSR count). The smallest absolute Gasteiger partial charge is 0.319 e. The van der Waals surface area contributed by atoms with Crippen LogP contribution in [0.1, 0.15) is 36.8 Å². The van der Waals surface area contributed by atoms with E-state index in [1.54, 1.807) is 0 Å². The van der Waals surface area contributed by atoms with Crippen molar-refractivity contribution in [2.45, 2.75) is 57.3 Å². The summed E-state index contributed by atoms with van der Waals surface area (Å²) in [6, 6.07) is 15.7. The van der Waals surface area contributed by atoms with Crippen molar-refractivity contribution in [3.8, 4) is 0 Å². The minimum atomic E-state index is -0.191. The zero-order chi connectivity index (χ0) is 18.8. The summed E-state index contributed by atoms with van der Waals surface area (Å²) in [7, 11) is 0. The number of fused-ring (bicyclic) bond motifs is 2. The maximum Gasteiger partial charge on any atom is 0.319 e. The third-order valence-electron chi connectivity index (χ3n) is 5.81. The Morgan fingerprint density at radius 2 is 1.67 bits per heavy atom. The van der Waals surface area contributed by atoms with Gasteiger partial charge in [0.1, 0.15) is 5.82 Å². The van der Waals surface area contributed by atoms with Crippen LogP contribution >= 0.6 is 0 Å². The van der Waals surface area contributed by atoms with Gasteiger partial charge in [0.15, 0.2) is 0 Å². The van der Waals surface area contributed by atoms with Crippen LogP contribution in [-0.2, 0) is 6.54 Å². The molecule has 2 saturated heterocycles. The molecular formula is C22H26FN3O. The first-order chi connectivity index (χ1) is 13.1. The van der Waals surface area contributed by atoms with E-state index in [1.807, 2.05) is 43.3 Å². The molecule has 142 valence electrons. The van der Waals surface area contributed by atoms with Gasteiger partial charge in [-0.2, -0.15) is 0 Å². The Balaban J connectivity index is 1.32. The molecule has 2 N–H and O–H groups in total. The molecule has 0 radical (unpaired) electrons. The molecule has 0 spiro atoms. The van der Waals surface area contributed by atoms with E-state index in [9.17, 15) is 9.18 Å². The van der Waals surface area contributed by atoms with E-state index in [4.69, 9.17) is 0 Å². The summed E-state index contributed by atoms with van der Waals surface area (Å²) in [6.07, 6.45) is 4.28. The van der Waals surface area contributed by atoms with Crippen LogP contribution in [0.3, 0.4) is 0 Å². The zero-order valence-corrected chi connectivity index (χ0v) is 15.6. The second-order valence-electron chi connectivity index (χ2n) is 7.82. The van der Waals surface area contributed by atoms with Crippen molar-refractivity contribution in [1.82, 2.24) is 10.2 Å². The summed E-state index contributed by atoms with van der Waals surface area (Å²) in [5.74, 6) is -0.191. The van der Waals surface area contributed by atoms with E-state index < -0.39 is 0 Å². The molecule has 2 aromatic carbocycles. The summed E-state index contributed by atoms with van der Waals surface area (Å²) in [5, 5.41) is 6.07. The third kappa shape index (κ3) is 4.30. The Bertz CT molecular complexity index is 776. The highest BCUT2D eigenvalue weighted by Gasteiger charge is 2.40. The van der Waals surface area contributed by atoms with Gasteiger partial charge in [-0.05, 0) is 62.4 Å². The molecule has 4 nitrogen and oxygen atoms in total. The summed E-state index contributed by atoms with van der Waals surface area (Å²) in [6.45, 7) is 2.89. The molecule has 2 amide bonds. The van der Waals surface area contributed by atoms with Crippen molar-refractivity contribution >= 4 is 11.7 Å². The lowest BCUT2D eigenvalue weighted by atomic mass is 9.96. The molecule has 2 unspecified atom stereocenters. The minimum absolute atomic E-state index is 0.129. The van der Waals surface area contributed by atoms with Crippen molar-refractivity contribution < 1.29 is 9.18 Å². The number of piperidine rings is 1. The zero-order valence-electron chi connectivity index (χ0n) is 15.6. The first-order valence-electron chi connectivity index (χ1n) is 9.71. The molecule has 2 fully saturated rings. The van der Waals surface area contributed by atoms with Crippen LogP contribution in [0.2, 0.25) is 0 Å². The van der Waals surface area contributed by atoms with E-state index in [0.717, 1.165) is 30.6 Å². The van der Waals surface area contributed by atoms with Crippen LogP contribution in [0.15, 0.2) is 48.5 Å². The average Bonchev–Trinajstić information content (AvgIpc) is 2.87. The third-order valence-corrected chi connectivity index (χ3v) is 5.81. The van der Waals surface area contributed by atoms with Crippen molar-refractivity contribution in [3.63, 3.8) is 0 Å². The molecule has 0 aliphatic carbocycles. The fourth-order valence-corrected chi connectivity index (χ4v) is 4.44. The van der Waals surface area contributed by atoms with Gasteiger partial charge in [-0.1, -0.05) is 29.8 Å². The van der Waals surface area contributed by atoms with Gasteiger partial charge < -0.3 is 10.6 Å². The van der Waals surface area contributed by atoms with E-state index in [0.29, 0.717) is 12.1 Å². The molecular weight excluding hydrogens is 341 g/mol. The van der Waals surface area contributed by atoms with Gasteiger partial charge in [0, 0.05) is 30.4 Å². The Hall–Kier alpha value is -2.40. The highest BCUT2D eigenvalue weighted by atomic mass is 19.1. The summed E-state index contributed by atoms with van der Waals surface area (Å²) < 4.78 is 13.1. The molecule has 2 aromatic rings. The van der Waals surface area contributed by atoms with Crippen LogP contribution in [0.4, 0.5) is 14.9 Å². The number of anilines is 1. The van der Waals surface area contributed by atoms with E-state index in [2.05, 4.69) is 15.5 Å². The number of nitrogens with one attached hydrogen (secondary N) is 2. The van der Waals surface area contributed by atoms with Crippen LogP contribution in [0, 0.1) is 12.7 Å². The van der Waals surface area contributed by atoms with Gasteiger partial charge in [-0.3, -0.25) is 4.90 Å². The van der Waals surface area contributed by atoms with Crippen molar-refractivity contribution in [2.24, 2.45) is 0 Å². The first kappa shape index (κ1) is 18.0. The number of amides is 2. The number of halogens is 1. The molecule has 2 bridgehead atoms. The number of hydrogen-bond donors (Lipinski definition) is 2. The summed E-state index contributed by atoms with van der Waals surface area (Å²) in [5.41, 5.74) is 3.14. The second kappa shape index (κ2) is 7.69. The highest BCUT2D eigenvalue weighted by molar-refractivity contribution is 5.89. The number of carbonyl (C=O) groups excluding carboxylic acids is 1. The standard InChI is InChI=1S/C22H26FN3O/c1-15-2-8-18(9-3-15)24-22(27)25-19-12-20-10-11-21(13-19)26(20)14-16-4-6-17(23)7-5-16/h2-9,19-21H,10-14H2,1H3,(H2,24,25,27). The Morgan fingerprint density at radius 1 is 1.04 bits per heavy atom. The normalized spacial score (nSPS) is 24.6. The number of carbonyl (C=O) groups is 1. The lowest BCUT2D eigenvalue weighted by molar-refractivity contribution is 0.112. The van der Waals surface area contributed by atoms with Gasteiger partial charge in [0.05, 0.1) is 0 Å².